The first-order valence-electron chi connectivity index (χ1n) is 17.5. The van der Waals surface area contributed by atoms with Crippen LogP contribution in [0.5, 0.6) is 0 Å². The number of hydrogen-bond acceptors (Lipinski definition) is 10. The van der Waals surface area contributed by atoms with Crippen LogP contribution in [0.2, 0.25) is 0 Å². The van der Waals surface area contributed by atoms with E-state index in [0.717, 1.165) is 38.1 Å². The number of carbonyl (C=O) groups is 1. The molecule has 1 atom stereocenters. The van der Waals surface area contributed by atoms with Crippen molar-refractivity contribution in [2.45, 2.75) is 103 Å². The van der Waals surface area contributed by atoms with Crippen molar-refractivity contribution in [3.05, 3.63) is 6.07 Å². The Hall–Kier alpha value is -2.02. The van der Waals surface area contributed by atoms with Crippen molar-refractivity contribution in [3.63, 3.8) is 0 Å². The van der Waals surface area contributed by atoms with E-state index in [4.69, 9.17) is 10.7 Å². The molecule has 1 saturated heterocycles. The summed E-state index contributed by atoms with van der Waals surface area (Å²) in [5.41, 5.74) is 5.76. The summed E-state index contributed by atoms with van der Waals surface area (Å²) in [5.74, 6) is 2.60. The normalized spacial score (nSPS) is 23.8. The van der Waals surface area contributed by atoms with E-state index < -0.39 is 19.2 Å². The van der Waals surface area contributed by atoms with Crippen molar-refractivity contribution in [2.75, 3.05) is 74.5 Å². The molecule has 0 spiro atoms. The van der Waals surface area contributed by atoms with E-state index >= 15 is 0 Å². The van der Waals surface area contributed by atoms with Crippen LogP contribution >= 0.6 is 7.60 Å². The second-order valence-electron chi connectivity index (χ2n) is 14.7. The van der Waals surface area contributed by atoms with E-state index in [9.17, 15) is 19.1 Å². The Morgan fingerprint density at radius 1 is 1.00 bits per heavy atom. The van der Waals surface area contributed by atoms with Crippen LogP contribution in [-0.2, 0) is 9.36 Å². The molecule has 4 rings (SSSR count). The maximum Gasteiger partial charge on any atom is 0.326 e. The highest BCUT2D eigenvalue weighted by Gasteiger charge is 2.35. The van der Waals surface area contributed by atoms with Crippen molar-refractivity contribution >= 4 is 31.1 Å². The summed E-state index contributed by atoms with van der Waals surface area (Å²) in [6.45, 7) is 11.3. The fraction of sp³-hybridized carbons (Fsp3) is 0.844. The van der Waals surface area contributed by atoms with E-state index in [-0.39, 0.29) is 18.6 Å². The molecule has 262 valence electrons. The van der Waals surface area contributed by atoms with E-state index in [1.54, 1.807) is 6.07 Å². The zero-order valence-corrected chi connectivity index (χ0v) is 29.2. The van der Waals surface area contributed by atoms with Gasteiger partial charge >= 0.3 is 7.60 Å². The van der Waals surface area contributed by atoms with Crippen molar-refractivity contribution in [3.8, 4) is 0 Å². The number of amides is 1. The molecule has 0 aromatic carbocycles. The smallest absolute Gasteiger partial charge is 0.326 e. The van der Waals surface area contributed by atoms with Crippen LogP contribution in [-0.4, -0.2) is 107 Å². The number of anilines is 3. The number of nitrogens with zero attached hydrogens (tertiary/aromatic N) is 4. The van der Waals surface area contributed by atoms with Gasteiger partial charge in [0.05, 0.1) is 6.16 Å². The zero-order valence-electron chi connectivity index (χ0n) is 28.3. The molecule has 14 heteroatoms. The first-order valence-corrected chi connectivity index (χ1v) is 19.3. The van der Waals surface area contributed by atoms with Gasteiger partial charge in [-0.05, 0) is 97.2 Å². The number of nitrogen functional groups attached to an aromatic ring is 1. The monoisotopic (exact) mass is 665 g/mol. The Kier molecular flexibility index (Phi) is 13.9. The third kappa shape index (κ3) is 12.9. The Morgan fingerprint density at radius 3 is 2.37 bits per heavy atom. The summed E-state index contributed by atoms with van der Waals surface area (Å²) in [7, 11) is -4.19. The number of aromatic nitrogens is 2. The van der Waals surface area contributed by atoms with Gasteiger partial charge in [-0.15, -0.1) is 0 Å². The van der Waals surface area contributed by atoms with Crippen LogP contribution in [0.25, 0.3) is 0 Å². The molecule has 13 nitrogen and oxygen atoms in total. The number of piperazine rings is 1. The molecular weight excluding hydrogens is 605 g/mol. The van der Waals surface area contributed by atoms with Gasteiger partial charge in [-0.1, -0.05) is 19.3 Å². The molecule has 2 aliphatic carbocycles. The predicted octanol–water partition coefficient (Wildman–Crippen LogP) is 2.76. The SMILES string of the molecule is CC(C)(C)NC(=O)[C@@H]1CN(c2cc(N)nc(NC[C@H]3CC[C@H](CNCCCNC4CCCCC4)CC3)n2)CCN1CCP(=O)(O)O. The number of nitrogens with one attached hydrogen (secondary N) is 4. The van der Waals surface area contributed by atoms with Crippen LogP contribution in [0, 0.1) is 11.8 Å². The maximum atomic E-state index is 13.3. The molecule has 0 bridgehead atoms. The topological polar surface area (TPSA) is 181 Å². The van der Waals surface area contributed by atoms with Crippen molar-refractivity contribution < 1.29 is 19.1 Å². The molecule has 1 amide bonds. The minimum absolute atomic E-state index is 0.134. The fourth-order valence-electron chi connectivity index (χ4n) is 6.96. The minimum Gasteiger partial charge on any atom is -0.383 e. The zero-order chi connectivity index (χ0) is 33.2. The second kappa shape index (κ2) is 17.4. The van der Waals surface area contributed by atoms with Gasteiger partial charge < -0.3 is 41.7 Å². The first kappa shape index (κ1) is 36.8. The van der Waals surface area contributed by atoms with Gasteiger partial charge in [0, 0.05) is 50.4 Å². The highest BCUT2D eigenvalue weighted by atomic mass is 31.2. The van der Waals surface area contributed by atoms with E-state index in [1.807, 2.05) is 30.6 Å². The summed E-state index contributed by atoms with van der Waals surface area (Å²) >= 11 is 0. The lowest BCUT2D eigenvalue weighted by Crippen LogP contribution is -2.61. The molecule has 3 aliphatic rings. The van der Waals surface area contributed by atoms with Crippen molar-refractivity contribution in [1.29, 1.82) is 0 Å². The average Bonchev–Trinajstić information content (AvgIpc) is 3.00. The third-order valence-corrected chi connectivity index (χ3v) is 10.3. The Morgan fingerprint density at radius 2 is 1.70 bits per heavy atom. The van der Waals surface area contributed by atoms with E-state index in [1.165, 1.54) is 64.2 Å². The number of rotatable bonds is 15. The lowest BCUT2D eigenvalue weighted by molar-refractivity contribution is -0.128. The maximum absolute atomic E-state index is 13.3. The molecule has 1 aliphatic heterocycles. The van der Waals surface area contributed by atoms with Gasteiger partial charge in [0.2, 0.25) is 11.9 Å². The minimum atomic E-state index is -4.19. The van der Waals surface area contributed by atoms with Crippen LogP contribution in [0.15, 0.2) is 6.07 Å². The van der Waals surface area contributed by atoms with E-state index in [2.05, 4.69) is 26.3 Å². The number of carbonyl (C=O) groups excluding carboxylic acids is 1. The highest BCUT2D eigenvalue weighted by Crippen LogP contribution is 2.34. The lowest BCUT2D eigenvalue weighted by atomic mass is 9.82. The van der Waals surface area contributed by atoms with Crippen molar-refractivity contribution in [2.24, 2.45) is 11.8 Å². The summed E-state index contributed by atoms with van der Waals surface area (Å²) in [6, 6.07) is 1.88. The fourth-order valence-corrected chi connectivity index (χ4v) is 7.48. The standard InChI is InChI=1S/C32H60N9O4P/c1-32(2,3)39-30(42)27-23-41(17-16-40(27)18-19-46(43,44)45)29-20-28(33)37-31(38-29)36-22-25-12-10-24(11-13-25)21-34-14-7-15-35-26-8-5-4-6-9-26/h20,24-27,34-35H,4-19,21-23H2,1-3H3,(H,39,42)(H2,43,44,45)(H3,33,36,37,38)/t24-,25-,27-/m0/s1. The summed E-state index contributed by atoms with van der Waals surface area (Å²) < 4.78 is 11.6. The van der Waals surface area contributed by atoms with Crippen LogP contribution < -0.4 is 31.9 Å². The summed E-state index contributed by atoms with van der Waals surface area (Å²) in [5, 5.41) is 13.9. The summed E-state index contributed by atoms with van der Waals surface area (Å²) in [6.07, 6.45) is 12.6. The molecule has 3 fully saturated rings. The van der Waals surface area contributed by atoms with Crippen LogP contribution in [0.1, 0.15) is 85.0 Å². The third-order valence-electron chi connectivity index (χ3n) is 9.54. The molecule has 0 radical (unpaired) electrons. The molecule has 1 aromatic rings. The largest absolute Gasteiger partial charge is 0.383 e. The Balaban J connectivity index is 1.21. The van der Waals surface area contributed by atoms with Crippen molar-refractivity contribution in [1.82, 2.24) is 30.8 Å². The quantitative estimate of drug-likeness (QED) is 0.108. The molecule has 46 heavy (non-hydrogen) atoms. The first-order chi connectivity index (χ1) is 21.8. The van der Waals surface area contributed by atoms with Gasteiger partial charge in [0.15, 0.2) is 0 Å². The molecular formula is C32H60N9O4P. The van der Waals surface area contributed by atoms with Gasteiger partial charge in [-0.3, -0.25) is 14.3 Å². The van der Waals surface area contributed by atoms with E-state index in [0.29, 0.717) is 43.1 Å². The van der Waals surface area contributed by atoms with Crippen LogP contribution in [0.3, 0.4) is 0 Å². The predicted molar refractivity (Wildman–Crippen MR) is 185 cm³/mol. The molecule has 2 saturated carbocycles. The van der Waals surface area contributed by atoms with Crippen LogP contribution in [0.4, 0.5) is 17.6 Å². The molecule has 0 unspecified atom stereocenters. The molecule has 8 N–H and O–H groups in total. The molecule has 1 aromatic heterocycles. The highest BCUT2D eigenvalue weighted by molar-refractivity contribution is 7.51. The van der Waals surface area contributed by atoms with Gasteiger partial charge in [0.1, 0.15) is 17.7 Å². The number of hydrogen-bond donors (Lipinski definition) is 7. The summed E-state index contributed by atoms with van der Waals surface area (Å²) in [4.78, 5) is 45.2. The second-order valence-corrected chi connectivity index (χ2v) is 16.5. The average molecular weight is 666 g/mol. The van der Waals surface area contributed by atoms with Gasteiger partial charge in [-0.2, -0.15) is 9.97 Å². The lowest BCUT2D eigenvalue weighted by Gasteiger charge is -2.42. The molecule has 2 heterocycles. The Labute approximate surface area is 275 Å². The Bertz CT molecular complexity index is 1130. The van der Waals surface area contributed by atoms with Gasteiger partial charge in [0.25, 0.3) is 0 Å². The number of nitrogens with two attached hydrogens (primary N) is 1. The van der Waals surface area contributed by atoms with Gasteiger partial charge in [-0.25, -0.2) is 0 Å².